The van der Waals surface area contributed by atoms with E-state index >= 15 is 0 Å². The van der Waals surface area contributed by atoms with Crippen molar-refractivity contribution in [3.8, 4) is 0 Å². The zero-order valence-electron chi connectivity index (χ0n) is 19.3. The highest BCUT2D eigenvalue weighted by Gasteiger charge is 2.34. The minimum Gasteiger partial charge on any atom is -0.362 e. The smallest absolute Gasteiger partial charge is 0.178 e. The van der Waals surface area contributed by atoms with E-state index in [1.165, 1.54) is 0 Å². The van der Waals surface area contributed by atoms with Gasteiger partial charge in [-0.15, -0.1) is 0 Å². The zero-order chi connectivity index (χ0) is 22.0. The summed E-state index contributed by atoms with van der Waals surface area (Å²) in [5.41, 5.74) is 5.52. The van der Waals surface area contributed by atoms with Crippen LogP contribution in [0.3, 0.4) is 0 Å². The van der Waals surface area contributed by atoms with Crippen LogP contribution in [0.25, 0.3) is 0 Å². The monoisotopic (exact) mass is 412 g/mol. The normalized spacial score (nSPS) is 20.6. The standard InChI is InChI=1S/C24H36N4O2/c1-7-19-11-28(14-24(30)22-10-16(4)26-18(22)6)20(8-2)12-27(19)13-23(29)21-9-15(3)25-17(21)5/h9-10,19-20,25-26H,7-8,11-14H2,1-6H3. The maximum Gasteiger partial charge on any atom is 0.178 e. The number of aromatic amines is 2. The summed E-state index contributed by atoms with van der Waals surface area (Å²) in [6.07, 6.45) is 1.92. The second-order valence-electron chi connectivity index (χ2n) is 8.81. The predicted octanol–water partition coefficient (Wildman–Crippen LogP) is 3.82. The van der Waals surface area contributed by atoms with Gasteiger partial charge in [0.2, 0.25) is 0 Å². The molecule has 1 aliphatic heterocycles. The van der Waals surface area contributed by atoms with Gasteiger partial charge in [0, 0.05) is 59.1 Å². The van der Waals surface area contributed by atoms with Crippen LogP contribution >= 0.6 is 0 Å². The number of Topliss-reactive ketones (excluding diaryl/α,β-unsaturated/α-hetero) is 2. The van der Waals surface area contributed by atoms with Crippen LogP contribution in [-0.2, 0) is 0 Å². The van der Waals surface area contributed by atoms with Crippen molar-refractivity contribution in [2.45, 2.75) is 66.5 Å². The fourth-order valence-electron chi connectivity index (χ4n) is 4.80. The summed E-state index contributed by atoms with van der Waals surface area (Å²) in [7, 11) is 0. The van der Waals surface area contributed by atoms with E-state index in [2.05, 4.69) is 33.6 Å². The molecule has 2 N–H and O–H groups in total. The van der Waals surface area contributed by atoms with Crippen molar-refractivity contribution in [1.82, 2.24) is 19.8 Å². The fraction of sp³-hybridized carbons (Fsp3) is 0.583. The van der Waals surface area contributed by atoms with Gasteiger partial charge in [0.1, 0.15) is 0 Å². The molecule has 2 aromatic rings. The molecular formula is C24H36N4O2. The molecule has 1 saturated heterocycles. The van der Waals surface area contributed by atoms with Crippen LogP contribution in [0.4, 0.5) is 0 Å². The van der Waals surface area contributed by atoms with Crippen LogP contribution in [0.2, 0.25) is 0 Å². The van der Waals surface area contributed by atoms with Gasteiger partial charge in [0.25, 0.3) is 0 Å². The Bertz CT molecular complexity index is 836. The molecule has 0 bridgehead atoms. The third-order valence-electron chi connectivity index (χ3n) is 6.46. The summed E-state index contributed by atoms with van der Waals surface area (Å²) in [5, 5.41) is 0. The van der Waals surface area contributed by atoms with E-state index in [0.717, 1.165) is 59.8 Å². The number of H-pyrrole nitrogens is 2. The van der Waals surface area contributed by atoms with Crippen molar-refractivity contribution in [2.24, 2.45) is 0 Å². The number of nitrogens with one attached hydrogen (secondary N) is 2. The molecule has 0 radical (unpaired) electrons. The van der Waals surface area contributed by atoms with Crippen molar-refractivity contribution >= 4 is 11.6 Å². The summed E-state index contributed by atoms with van der Waals surface area (Å²) >= 11 is 0. The molecule has 0 amide bonds. The van der Waals surface area contributed by atoms with E-state index in [4.69, 9.17) is 0 Å². The number of carbonyl (C=O) groups is 2. The number of aromatic nitrogens is 2. The summed E-state index contributed by atoms with van der Waals surface area (Å²) in [4.78, 5) is 37.0. The van der Waals surface area contributed by atoms with E-state index < -0.39 is 0 Å². The lowest BCUT2D eigenvalue weighted by atomic mass is 9.99. The molecular weight excluding hydrogens is 376 g/mol. The second-order valence-corrected chi connectivity index (χ2v) is 8.81. The van der Waals surface area contributed by atoms with Crippen LogP contribution in [0, 0.1) is 27.7 Å². The Labute approximate surface area is 180 Å². The van der Waals surface area contributed by atoms with Gasteiger partial charge in [-0.3, -0.25) is 19.4 Å². The van der Waals surface area contributed by atoms with Crippen molar-refractivity contribution in [3.63, 3.8) is 0 Å². The number of hydrogen-bond donors (Lipinski definition) is 2. The van der Waals surface area contributed by atoms with Gasteiger partial charge in [-0.2, -0.15) is 0 Å². The number of carbonyl (C=O) groups excluding carboxylic acids is 2. The van der Waals surface area contributed by atoms with Gasteiger partial charge >= 0.3 is 0 Å². The third-order valence-corrected chi connectivity index (χ3v) is 6.46. The summed E-state index contributed by atoms with van der Waals surface area (Å²) in [6, 6.07) is 4.45. The molecule has 3 rings (SSSR count). The Balaban J connectivity index is 1.70. The highest BCUT2D eigenvalue weighted by atomic mass is 16.1. The molecule has 3 heterocycles. The van der Waals surface area contributed by atoms with Crippen LogP contribution in [0.1, 0.15) is 70.2 Å². The molecule has 0 aromatic carbocycles. The minimum absolute atomic E-state index is 0.174. The molecule has 2 aromatic heterocycles. The Morgan fingerprint density at radius 3 is 1.43 bits per heavy atom. The van der Waals surface area contributed by atoms with Crippen LogP contribution < -0.4 is 0 Å². The molecule has 6 heteroatoms. The summed E-state index contributed by atoms with van der Waals surface area (Å²) < 4.78 is 0. The van der Waals surface area contributed by atoms with Crippen molar-refractivity contribution in [1.29, 1.82) is 0 Å². The highest BCUT2D eigenvalue weighted by molar-refractivity contribution is 5.99. The fourth-order valence-corrected chi connectivity index (χ4v) is 4.80. The molecule has 1 fully saturated rings. The number of aryl methyl sites for hydroxylation is 4. The molecule has 30 heavy (non-hydrogen) atoms. The van der Waals surface area contributed by atoms with E-state index in [1.807, 2.05) is 39.8 Å². The number of ketones is 2. The second kappa shape index (κ2) is 9.31. The molecule has 164 valence electrons. The average molecular weight is 413 g/mol. The van der Waals surface area contributed by atoms with E-state index in [-0.39, 0.29) is 23.7 Å². The van der Waals surface area contributed by atoms with Crippen LogP contribution in [0.5, 0.6) is 0 Å². The lowest BCUT2D eigenvalue weighted by molar-refractivity contribution is 0.0254. The van der Waals surface area contributed by atoms with Crippen LogP contribution in [0.15, 0.2) is 12.1 Å². The van der Waals surface area contributed by atoms with Crippen molar-refractivity contribution < 1.29 is 9.59 Å². The maximum atomic E-state index is 13.0. The number of piperazine rings is 1. The van der Waals surface area contributed by atoms with Crippen molar-refractivity contribution in [3.05, 3.63) is 46.0 Å². The number of rotatable bonds is 8. The first-order valence-corrected chi connectivity index (χ1v) is 11.1. The number of nitrogens with zero attached hydrogens (tertiary/aromatic N) is 2. The topological polar surface area (TPSA) is 72.2 Å². The Morgan fingerprint density at radius 1 is 0.800 bits per heavy atom. The van der Waals surface area contributed by atoms with Crippen LogP contribution in [-0.4, -0.2) is 69.6 Å². The predicted molar refractivity (Wildman–Crippen MR) is 120 cm³/mol. The van der Waals surface area contributed by atoms with E-state index in [0.29, 0.717) is 13.1 Å². The first-order valence-electron chi connectivity index (χ1n) is 11.1. The largest absolute Gasteiger partial charge is 0.362 e. The van der Waals surface area contributed by atoms with Gasteiger partial charge in [0.15, 0.2) is 11.6 Å². The molecule has 0 spiro atoms. The van der Waals surface area contributed by atoms with Gasteiger partial charge in [-0.25, -0.2) is 0 Å². The first kappa shape index (κ1) is 22.5. The third kappa shape index (κ3) is 4.76. The van der Waals surface area contributed by atoms with Gasteiger partial charge in [-0.1, -0.05) is 13.8 Å². The van der Waals surface area contributed by atoms with E-state index in [1.54, 1.807) is 0 Å². The molecule has 0 saturated carbocycles. The molecule has 6 nitrogen and oxygen atoms in total. The Morgan fingerprint density at radius 2 is 1.17 bits per heavy atom. The van der Waals surface area contributed by atoms with Gasteiger partial charge in [0.05, 0.1) is 13.1 Å². The Kier molecular flexibility index (Phi) is 6.98. The summed E-state index contributed by atoms with van der Waals surface area (Å²) in [6.45, 7) is 14.7. The van der Waals surface area contributed by atoms with Gasteiger partial charge < -0.3 is 9.97 Å². The minimum atomic E-state index is 0.174. The van der Waals surface area contributed by atoms with Crippen molar-refractivity contribution in [2.75, 3.05) is 26.2 Å². The van der Waals surface area contributed by atoms with Gasteiger partial charge in [-0.05, 0) is 52.7 Å². The average Bonchev–Trinajstić information content (AvgIpc) is 3.22. The lowest BCUT2D eigenvalue weighted by Gasteiger charge is -2.45. The highest BCUT2D eigenvalue weighted by Crippen LogP contribution is 2.22. The molecule has 2 unspecified atom stereocenters. The zero-order valence-corrected chi connectivity index (χ0v) is 19.3. The molecule has 0 aliphatic carbocycles. The first-order chi connectivity index (χ1) is 14.2. The lowest BCUT2D eigenvalue weighted by Crippen LogP contribution is -2.59. The molecule has 1 aliphatic rings. The maximum absolute atomic E-state index is 13.0. The Hall–Kier alpha value is -2.18. The SMILES string of the molecule is CCC1CN(CC(=O)c2cc(C)[nH]c2C)C(CC)CN1CC(=O)c1cc(C)[nH]c1C. The van der Waals surface area contributed by atoms with E-state index in [9.17, 15) is 9.59 Å². The molecule has 2 atom stereocenters. The number of hydrogen-bond acceptors (Lipinski definition) is 4. The summed E-state index contributed by atoms with van der Waals surface area (Å²) in [5.74, 6) is 0.348. The quantitative estimate of drug-likeness (QED) is 0.647.